The van der Waals surface area contributed by atoms with Gasteiger partial charge in [0.2, 0.25) is 0 Å². The summed E-state index contributed by atoms with van der Waals surface area (Å²) in [5.41, 5.74) is 8.94. The maximum Gasteiger partial charge on any atom is 0.261 e. The SMILES string of the molecule is CS(=O)(=O)O.CS(=O)(=O)O.Cc1cccc2nc3cccc(C(=O)NCCNCCNCCNC(=O)c4cccc5nc6cccc(C)c6nc45)c3nc12. The molecule has 6 rings (SSSR count). The van der Waals surface area contributed by atoms with Crippen LogP contribution in [0.2, 0.25) is 0 Å². The van der Waals surface area contributed by atoms with Crippen LogP contribution in [0.4, 0.5) is 0 Å². The molecule has 2 heterocycles. The Morgan fingerprint density at radius 1 is 0.500 bits per heavy atom. The number of fused-ring (bicyclic) bond motifs is 4. The predicted molar refractivity (Wildman–Crippen MR) is 209 cm³/mol. The second kappa shape index (κ2) is 18.7. The molecule has 2 aromatic heterocycles. The van der Waals surface area contributed by atoms with Crippen molar-refractivity contribution in [1.82, 2.24) is 41.2 Å². The standard InChI is InChI=1S/C34H34N8O2.2CH4O3S/c1-21-7-3-11-25-29(21)41-31-23(9-5-13-27(31)39-25)33(43)37-19-17-35-15-16-36-18-20-38-34(44)24-10-6-14-28-32(24)42-30-22(2)8-4-12-26(30)40-28;2*1-5(2,3)4/h3-14,35-36H,15-20H2,1-2H3,(H,37,43)(H,38,44);2*1H3,(H,2,3,4). The summed E-state index contributed by atoms with van der Waals surface area (Å²) >= 11 is 0. The van der Waals surface area contributed by atoms with Gasteiger partial charge in [-0.15, -0.1) is 0 Å². The minimum Gasteiger partial charge on any atom is -0.351 e. The van der Waals surface area contributed by atoms with E-state index in [1.807, 2.05) is 74.5 Å². The third-order valence-electron chi connectivity index (χ3n) is 7.53. The van der Waals surface area contributed by atoms with Gasteiger partial charge in [0.1, 0.15) is 11.0 Å². The highest BCUT2D eigenvalue weighted by Gasteiger charge is 2.15. The molecule has 0 aliphatic carbocycles. The van der Waals surface area contributed by atoms with Crippen LogP contribution in [0.3, 0.4) is 0 Å². The molecule has 0 radical (unpaired) electrons. The van der Waals surface area contributed by atoms with Gasteiger partial charge in [-0.05, 0) is 61.4 Å². The molecule has 0 bridgehead atoms. The zero-order valence-corrected chi connectivity index (χ0v) is 31.8. The molecular weight excluding hydrogens is 737 g/mol. The van der Waals surface area contributed by atoms with Gasteiger partial charge in [0.15, 0.2) is 0 Å². The number of carbonyl (C=O) groups is 2. The van der Waals surface area contributed by atoms with Gasteiger partial charge in [-0.2, -0.15) is 16.8 Å². The molecule has 0 saturated carbocycles. The van der Waals surface area contributed by atoms with Crippen LogP contribution in [-0.4, -0.2) is 109 Å². The van der Waals surface area contributed by atoms with Crippen molar-refractivity contribution in [3.63, 3.8) is 0 Å². The van der Waals surface area contributed by atoms with E-state index in [9.17, 15) is 26.4 Å². The van der Waals surface area contributed by atoms with Gasteiger partial charge < -0.3 is 21.3 Å². The summed E-state index contributed by atoms with van der Waals surface area (Å²) in [6.07, 6.45) is 1.43. The van der Waals surface area contributed by atoms with Crippen LogP contribution in [0, 0.1) is 13.8 Å². The first kappa shape index (κ1) is 41.5. The Hall–Kier alpha value is -5.24. The average molecular weight is 779 g/mol. The van der Waals surface area contributed by atoms with E-state index >= 15 is 0 Å². The summed E-state index contributed by atoms with van der Waals surface area (Å²) < 4.78 is 51.7. The van der Waals surface area contributed by atoms with Crippen LogP contribution in [0.5, 0.6) is 0 Å². The van der Waals surface area contributed by atoms with Crippen molar-refractivity contribution in [3.05, 3.63) is 95.1 Å². The molecule has 286 valence electrons. The maximum atomic E-state index is 12.9. The number of aromatic nitrogens is 4. The van der Waals surface area contributed by atoms with Gasteiger partial charge in [0.05, 0.1) is 56.7 Å². The molecular formula is C36H42N8O8S2. The van der Waals surface area contributed by atoms with Crippen molar-refractivity contribution >= 4 is 76.2 Å². The number of carbonyl (C=O) groups excluding carboxylic acids is 2. The number of aryl methyl sites for hydroxylation is 2. The molecule has 6 aromatic rings. The lowest BCUT2D eigenvalue weighted by Gasteiger charge is -2.11. The first-order chi connectivity index (χ1) is 25.5. The monoisotopic (exact) mass is 778 g/mol. The summed E-state index contributed by atoms with van der Waals surface area (Å²) in [5.74, 6) is -0.344. The van der Waals surface area contributed by atoms with Gasteiger partial charge in [0.25, 0.3) is 32.1 Å². The fourth-order valence-electron chi connectivity index (χ4n) is 5.23. The van der Waals surface area contributed by atoms with E-state index < -0.39 is 20.2 Å². The van der Waals surface area contributed by atoms with Gasteiger partial charge in [-0.1, -0.05) is 36.4 Å². The summed E-state index contributed by atoms with van der Waals surface area (Å²) in [4.78, 5) is 44.8. The van der Waals surface area contributed by atoms with E-state index in [1.165, 1.54) is 0 Å². The molecule has 0 spiro atoms. The number of nitrogens with zero attached hydrogens (tertiary/aromatic N) is 4. The number of para-hydroxylation sites is 4. The number of amides is 2. The smallest absolute Gasteiger partial charge is 0.261 e. The van der Waals surface area contributed by atoms with Crippen LogP contribution in [0.1, 0.15) is 31.8 Å². The van der Waals surface area contributed by atoms with Crippen LogP contribution >= 0.6 is 0 Å². The fourth-order valence-corrected chi connectivity index (χ4v) is 5.23. The first-order valence-electron chi connectivity index (χ1n) is 16.6. The molecule has 4 aromatic carbocycles. The van der Waals surface area contributed by atoms with Crippen LogP contribution in [0.25, 0.3) is 44.1 Å². The molecule has 54 heavy (non-hydrogen) atoms. The van der Waals surface area contributed by atoms with Gasteiger partial charge in [-0.3, -0.25) is 18.7 Å². The third-order valence-corrected chi connectivity index (χ3v) is 7.53. The Balaban J connectivity index is 0.000000577. The highest BCUT2D eigenvalue weighted by molar-refractivity contribution is 7.85. The Labute approximate surface area is 312 Å². The quantitative estimate of drug-likeness (QED) is 0.0630. The second-order valence-electron chi connectivity index (χ2n) is 12.2. The number of nitrogens with one attached hydrogen (secondary N) is 4. The molecule has 0 saturated heterocycles. The molecule has 0 atom stereocenters. The van der Waals surface area contributed by atoms with E-state index in [1.54, 1.807) is 12.1 Å². The average Bonchev–Trinajstić information content (AvgIpc) is 3.09. The van der Waals surface area contributed by atoms with E-state index in [2.05, 4.69) is 21.3 Å². The predicted octanol–water partition coefficient (Wildman–Crippen LogP) is 2.84. The molecule has 18 heteroatoms. The minimum absolute atomic E-state index is 0.172. The van der Waals surface area contributed by atoms with Crippen LogP contribution in [-0.2, 0) is 20.2 Å². The molecule has 16 nitrogen and oxygen atoms in total. The van der Waals surface area contributed by atoms with E-state index in [-0.39, 0.29) is 11.8 Å². The largest absolute Gasteiger partial charge is 0.351 e. The fraction of sp³-hybridized carbons (Fsp3) is 0.278. The molecule has 0 aliphatic heterocycles. The highest BCUT2D eigenvalue weighted by atomic mass is 32.2. The lowest BCUT2D eigenvalue weighted by molar-refractivity contribution is 0.0947. The zero-order valence-electron chi connectivity index (χ0n) is 30.1. The maximum absolute atomic E-state index is 12.9. The minimum atomic E-state index is -3.67. The first-order valence-corrected chi connectivity index (χ1v) is 20.3. The lowest BCUT2D eigenvalue weighted by atomic mass is 10.1. The third kappa shape index (κ3) is 12.7. The number of hydrogen-bond acceptors (Lipinski definition) is 12. The zero-order chi connectivity index (χ0) is 39.5. The lowest BCUT2D eigenvalue weighted by Crippen LogP contribution is -2.37. The Kier molecular flexibility index (Phi) is 14.4. The normalized spacial score (nSPS) is 11.4. The van der Waals surface area contributed by atoms with E-state index in [0.29, 0.717) is 71.9 Å². The van der Waals surface area contributed by atoms with Crippen molar-refractivity contribution in [2.45, 2.75) is 13.8 Å². The summed E-state index contributed by atoms with van der Waals surface area (Å²) in [6, 6.07) is 22.7. The Morgan fingerprint density at radius 3 is 1.15 bits per heavy atom. The van der Waals surface area contributed by atoms with Gasteiger partial charge in [0, 0.05) is 39.3 Å². The summed E-state index contributed by atoms with van der Waals surface area (Å²) in [7, 11) is -7.33. The van der Waals surface area contributed by atoms with Crippen LogP contribution in [0.15, 0.2) is 72.8 Å². The molecule has 0 unspecified atom stereocenters. The molecule has 0 aliphatic rings. The highest BCUT2D eigenvalue weighted by Crippen LogP contribution is 2.23. The van der Waals surface area contributed by atoms with Crippen molar-refractivity contribution < 1.29 is 35.5 Å². The number of hydrogen-bond donors (Lipinski definition) is 6. The van der Waals surface area contributed by atoms with Gasteiger partial charge >= 0.3 is 0 Å². The molecule has 0 fully saturated rings. The van der Waals surface area contributed by atoms with Crippen molar-refractivity contribution in [1.29, 1.82) is 0 Å². The van der Waals surface area contributed by atoms with E-state index in [0.717, 1.165) is 46.3 Å². The van der Waals surface area contributed by atoms with Gasteiger partial charge in [-0.25, -0.2) is 19.9 Å². The van der Waals surface area contributed by atoms with E-state index in [4.69, 9.17) is 29.0 Å². The van der Waals surface area contributed by atoms with Crippen molar-refractivity contribution in [3.8, 4) is 0 Å². The summed E-state index contributed by atoms with van der Waals surface area (Å²) in [6.45, 7) is 7.64. The molecule has 2 amide bonds. The Morgan fingerprint density at radius 2 is 0.796 bits per heavy atom. The molecule has 6 N–H and O–H groups in total. The Bertz CT molecular complexity index is 2330. The van der Waals surface area contributed by atoms with Crippen molar-refractivity contribution in [2.75, 3.05) is 51.8 Å². The second-order valence-corrected chi connectivity index (χ2v) is 15.1. The number of benzene rings is 4. The number of rotatable bonds is 11. The summed E-state index contributed by atoms with van der Waals surface area (Å²) in [5, 5.41) is 12.6. The van der Waals surface area contributed by atoms with Crippen LogP contribution < -0.4 is 21.3 Å². The topological polar surface area (TPSA) is 243 Å². The van der Waals surface area contributed by atoms with Crippen molar-refractivity contribution in [2.24, 2.45) is 0 Å².